The van der Waals surface area contributed by atoms with Crippen molar-refractivity contribution >= 4 is 17.1 Å². The van der Waals surface area contributed by atoms with Crippen molar-refractivity contribution in [1.82, 2.24) is 4.98 Å². The number of nitrogens with zero attached hydrogens (tertiary/aromatic N) is 1. The minimum atomic E-state index is 0.194. The van der Waals surface area contributed by atoms with Crippen LogP contribution in [0.5, 0.6) is 0 Å². The van der Waals surface area contributed by atoms with Crippen molar-refractivity contribution in [2.24, 2.45) is 0 Å². The van der Waals surface area contributed by atoms with Gasteiger partial charge in [-0.15, -0.1) is 11.3 Å². The summed E-state index contributed by atoms with van der Waals surface area (Å²) < 4.78 is 0. The quantitative estimate of drug-likeness (QED) is 0.683. The first-order valence-corrected chi connectivity index (χ1v) is 4.54. The van der Waals surface area contributed by atoms with Gasteiger partial charge in [-0.3, -0.25) is 9.78 Å². The van der Waals surface area contributed by atoms with Gasteiger partial charge in [0.1, 0.15) is 5.78 Å². The lowest BCUT2D eigenvalue weighted by molar-refractivity contribution is -0.116. The molecule has 0 fully saturated rings. The summed E-state index contributed by atoms with van der Waals surface area (Å²) in [6, 6.07) is 0. The molecule has 0 unspecified atom stereocenters. The van der Waals surface area contributed by atoms with Crippen molar-refractivity contribution in [2.45, 2.75) is 27.2 Å². The Labute approximate surface area is 71.3 Å². The third kappa shape index (κ3) is 4.67. The Kier molecular flexibility index (Phi) is 5.65. The SMILES string of the molecule is CC.CC(=O)Cc1cncs1. The van der Waals surface area contributed by atoms with Crippen LogP contribution in [0.25, 0.3) is 0 Å². The van der Waals surface area contributed by atoms with Crippen molar-refractivity contribution in [3.63, 3.8) is 0 Å². The summed E-state index contributed by atoms with van der Waals surface area (Å²) in [6.45, 7) is 5.58. The van der Waals surface area contributed by atoms with Gasteiger partial charge < -0.3 is 0 Å². The summed E-state index contributed by atoms with van der Waals surface area (Å²) in [6.07, 6.45) is 2.26. The molecule has 0 aromatic carbocycles. The molecule has 0 aliphatic heterocycles. The zero-order chi connectivity index (χ0) is 8.69. The summed E-state index contributed by atoms with van der Waals surface area (Å²) in [5.41, 5.74) is 1.73. The van der Waals surface area contributed by atoms with Gasteiger partial charge >= 0.3 is 0 Å². The largest absolute Gasteiger partial charge is 0.300 e. The Morgan fingerprint density at radius 1 is 1.64 bits per heavy atom. The number of rotatable bonds is 2. The molecule has 1 heterocycles. The van der Waals surface area contributed by atoms with E-state index in [0.29, 0.717) is 6.42 Å². The zero-order valence-electron chi connectivity index (χ0n) is 7.13. The molecule has 62 valence electrons. The van der Waals surface area contributed by atoms with Crippen molar-refractivity contribution in [2.75, 3.05) is 0 Å². The topological polar surface area (TPSA) is 30.0 Å². The monoisotopic (exact) mass is 171 g/mol. The average Bonchev–Trinajstić information content (AvgIpc) is 2.43. The van der Waals surface area contributed by atoms with E-state index in [0.717, 1.165) is 4.88 Å². The molecule has 3 heteroatoms. The Morgan fingerprint density at radius 3 is 2.64 bits per heavy atom. The summed E-state index contributed by atoms with van der Waals surface area (Å²) in [5, 5.41) is 0. The smallest absolute Gasteiger partial charge is 0.135 e. The maximum Gasteiger partial charge on any atom is 0.135 e. The summed E-state index contributed by atoms with van der Waals surface area (Å²) in [7, 11) is 0. The standard InChI is InChI=1S/C6H7NOS.C2H6/c1-5(8)2-6-3-7-4-9-6;1-2/h3-4H,2H2,1H3;1-2H3. The van der Waals surface area contributed by atoms with Gasteiger partial charge in [0.2, 0.25) is 0 Å². The van der Waals surface area contributed by atoms with Gasteiger partial charge in [0.25, 0.3) is 0 Å². The lowest BCUT2D eigenvalue weighted by atomic mass is 10.3. The number of hydrogen-bond acceptors (Lipinski definition) is 3. The molecule has 1 aromatic rings. The fraction of sp³-hybridized carbons (Fsp3) is 0.500. The normalized spacial score (nSPS) is 8.27. The average molecular weight is 171 g/mol. The minimum absolute atomic E-state index is 0.194. The van der Waals surface area contributed by atoms with E-state index < -0.39 is 0 Å². The first kappa shape index (κ1) is 10.3. The highest BCUT2D eigenvalue weighted by Crippen LogP contribution is 2.05. The van der Waals surface area contributed by atoms with Crippen molar-refractivity contribution < 1.29 is 4.79 Å². The lowest BCUT2D eigenvalue weighted by Gasteiger charge is -1.84. The molecular formula is C8H13NOS. The van der Waals surface area contributed by atoms with Gasteiger partial charge in [0.15, 0.2) is 0 Å². The first-order chi connectivity index (χ1) is 5.29. The Hall–Kier alpha value is -0.700. The fourth-order valence-electron chi connectivity index (χ4n) is 0.575. The van der Waals surface area contributed by atoms with Crippen LogP contribution in [0.15, 0.2) is 11.7 Å². The number of carbonyl (C=O) groups excluding carboxylic acids is 1. The second kappa shape index (κ2) is 6.04. The van der Waals surface area contributed by atoms with Crippen LogP contribution in [0.4, 0.5) is 0 Å². The highest BCUT2D eigenvalue weighted by Gasteiger charge is 1.96. The molecule has 0 radical (unpaired) electrons. The molecule has 0 atom stereocenters. The fourth-order valence-corrected chi connectivity index (χ4v) is 1.24. The Balaban J connectivity index is 0.000000461. The molecule has 0 saturated carbocycles. The van der Waals surface area contributed by atoms with Crippen molar-refractivity contribution in [1.29, 1.82) is 0 Å². The van der Waals surface area contributed by atoms with Crippen LogP contribution in [0, 0.1) is 0 Å². The molecule has 0 N–H and O–H groups in total. The third-order valence-electron chi connectivity index (χ3n) is 0.907. The highest BCUT2D eigenvalue weighted by molar-refractivity contribution is 7.09. The van der Waals surface area contributed by atoms with Crippen LogP contribution >= 0.6 is 11.3 Å². The molecule has 0 bridgehead atoms. The van der Waals surface area contributed by atoms with Gasteiger partial charge in [0, 0.05) is 17.5 Å². The molecule has 11 heavy (non-hydrogen) atoms. The Morgan fingerprint density at radius 2 is 2.27 bits per heavy atom. The number of Topliss-reactive ketones (excluding diaryl/α,β-unsaturated/α-hetero) is 1. The molecule has 0 saturated heterocycles. The van der Waals surface area contributed by atoms with Gasteiger partial charge in [-0.05, 0) is 6.92 Å². The number of aromatic nitrogens is 1. The van der Waals surface area contributed by atoms with E-state index >= 15 is 0 Å². The molecule has 0 aliphatic rings. The van der Waals surface area contributed by atoms with Gasteiger partial charge in [-0.1, -0.05) is 13.8 Å². The van der Waals surface area contributed by atoms with E-state index in [-0.39, 0.29) is 5.78 Å². The molecule has 1 rings (SSSR count). The van der Waals surface area contributed by atoms with Crippen LogP contribution < -0.4 is 0 Å². The Bertz CT molecular complexity index is 194. The predicted molar refractivity (Wildman–Crippen MR) is 47.8 cm³/mol. The second-order valence-electron chi connectivity index (χ2n) is 1.85. The summed E-state index contributed by atoms with van der Waals surface area (Å²) in [5.74, 6) is 0.194. The highest BCUT2D eigenvalue weighted by atomic mass is 32.1. The number of hydrogen-bond donors (Lipinski definition) is 0. The third-order valence-corrected chi connectivity index (χ3v) is 1.69. The van der Waals surface area contributed by atoms with E-state index in [1.807, 2.05) is 13.8 Å². The minimum Gasteiger partial charge on any atom is -0.300 e. The zero-order valence-corrected chi connectivity index (χ0v) is 7.94. The lowest BCUT2D eigenvalue weighted by Crippen LogP contribution is -1.92. The molecule has 2 nitrogen and oxygen atoms in total. The molecular weight excluding hydrogens is 158 g/mol. The van der Waals surface area contributed by atoms with Crippen LogP contribution in [0.3, 0.4) is 0 Å². The number of thiazole rings is 1. The van der Waals surface area contributed by atoms with Crippen molar-refractivity contribution in [3.05, 3.63) is 16.6 Å². The second-order valence-corrected chi connectivity index (χ2v) is 2.82. The maximum absolute atomic E-state index is 10.5. The predicted octanol–water partition coefficient (Wildman–Crippen LogP) is 2.30. The van der Waals surface area contributed by atoms with Gasteiger partial charge in [-0.25, -0.2) is 0 Å². The molecule has 0 amide bonds. The van der Waals surface area contributed by atoms with Crippen LogP contribution in [-0.2, 0) is 11.2 Å². The van der Waals surface area contributed by atoms with Gasteiger partial charge in [-0.2, -0.15) is 0 Å². The van der Waals surface area contributed by atoms with Crippen molar-refractivity contribution in [3.8, 4) is 0 Å². The van der Waals surface area contributed by atoms with Crippen LogP contribution in [-0.4, -0.2) is 10.8 Å². The van der Waals surface area contributed by atoms with E-state index in [1.54, 1.807) is 18.6 Å². The van der Waals surface area contributed by atoms with E-state index in [2.05, 4.69) is 4.98 Å². The van der Waals surface area contributed by atoms with Gasteiger partial charge in [0.05, 0.1) is 5.51 Å². The van der Waals surface area contributed by atoms with E-state index in [9.17, 15) is 4.79 Å². The maximum atomic E-state index is 10.5. The molecule has 0 aliphatic carbocycles. The van der Waals surface area contributed by atoms with Crippen LogP contribution in [0.2, 0.25) is 0 Å². The summed E-state index contributed by atoms with van der Waals surface area (Å²) >= 11 is 1.52. The molecule has 1 aromatic heterocycles. The van der Waals surface area contributed by atoms with Crippen LogP contribution in [0.1, 0.15) is 25.6 Å². The summed E-state index contributed by atoms with van der Waals surface area (Å²) in [4.78, 5) is 15.4. The number of carbonyl (C=O) groups is 1. The van der Waals surface area contributed by atoms with E-state index in [4.69, 9.17) is 0 Å². The first-order valence-electron chi connectivity index (χ1n) is 3.66. The number of ketones is 1. The molecule has 0 spiro atoms. The van der Waals surface area contributed by atoms with E-state index in [1.165, 1.54) is 11.3 Å².